The minimum Gasteiger partial charge on any atom is -0.493 e. The number of ether oxygens (including phenoxy) is 3. The fraction of sp³-hybridized carbons (Fsp3) is 0.471. The molecule has 0 fully saturated rings. The lowest BCUT2D eigenvalue weighted by Crippen LogP contribution is -2.38. The van der Waals surface area contributed by atoms with Gasteiger partial charge in [-0.2, -0.15) is 0 Å². The van der Waals surface area contributed by atoms with E-state index in [2.05, 4.69) is 5.32 Å². The maximum Gasteiger partial charge on any atom is 0.338 e. The fourth-order valence-electron chi connectivity index (χ4n) is 1.78. The predicted octanol–water partition coefficient (Wildman–Crippen LogP) is 1.50. The van der Waals surface area contributed by atoms with E-state index in [-0.39, 0.29) is 23.0 Å². The number of benzene rings is 1. The van der Waals surface area contributed by atoms with Gasteiger partial charge in [-0.1, -0.05) is 18.5 Å². The van der Waals surface area contributed by atoms with Gasteiger partial charge in [-0.3, -0.25) is 9.59 Å². The van der Waals surface area contributed by atoms with Crippen molar-refractivity contribution < 1.29 is 28.6 Å². The molecule has 0 aliphatic carbocycles. The SMILES string of the molecule is CCCOc1c(Cl)cc(C(=O)OCC(=O)NCC(=O)N(C)C)cc1OC. The number of esters is 1. The first-order valence-corrected chi connectivity index (χ1v) is 8.32. The van der Waals surface area contributed by atoms with Gasteiger partial charge in [0.15, 0.2) is 18.1 Å². The van der Waals surface area contributed by atoms with Crippen LogP contribution in [0.5, 0.6) is 11.5 Å². The summed E-state index contributed by atoms with van der Waals surface area (Å²) >= 11 is 6.14. The number of nitrogens with zero attached hydrogens (tertiary/aromatic N) is 1. The minimum atomic E-state index is -0.749. The summed E-state index contributed by atoms with van der Waals surface area (Å²) in [4.78, 5) is 36.5. The molecule has 0 aromatic heterocycles. The molecule has 144 valence electrons. The Morgan fingerprint density at radius 2 is 1.92 bits per heavy atom. The predicted molar refractivity (Wildman–Crippen MR) is 95.8 cm³/mol. The van der Waals surface area contributed by atoms with E-state index in [1.165, 1.54) is 24.1 Å². The van der Waals surface area contributed by atoms with Crippen LogP contribution in [-0.4, -0.2) is 63.6 Å². The van der Waals surface area contributed by atoms with E-state index >= 15 is 0 Å². The Morgan fingerprint density at radius 3 is 2.50 bits per heavy atom. The third kappa shape index (κ3) is 6.44. The molecule has 0 bridgehead atoms. The number of halogens is 1. The second kappa shape index (κ2) is 10.5. The highest BCUT2D eigenvalue weighted by molar-refractivity contribution is 6.32. The van der Waals surface area contributed by atoms with Crippen molar-refractivity contribution in [3.05, 3.63) is 22.7 Å². The second-order valence-electron chi connectivity index (χ2n) is 5.48. The molecule has 0 spiro atoms. The van der Waals surface area contributed by atoms with Gasteiger partial charge in [0, 0.05) is 14.1 Å². The van der Waals surface area contributed by atoms with Gasteiger partial charge in [0.2, 0.25) is 5.91 Å². The van der Waals surface area contributed by atoms with E-state index in [0.29, 0.717) is 18.1 Å². The summed E-state index contributed by atoms with van der Waals surface area (Å²) in [6.07, 6.45) is 0.786. The van der Waals surface area contributed by atoms with Crippen LogP contribution in [0.4, 0.5) is 0 Å². The van der Waals surface area contributed by atoms with Gasteiger partial charge in [0.25, 0.3) is 5.91 Å². The van der Waals surface area contributed by atoms with Crippen molar-refractivity contribution in [1.29, 1.82) is 0 Å². The summed E-state index contributed by atoms with van der Waals surface area (Å²) < 4.78 is 15.6. The summed E-state index contributed by atoms with van der Waals surface area (Å²) in [5.74, 6) is -0.980. The summed E-state index contributed by atoms with van der Waals surface area (Å²) in [7, 11) is 4.56. The molecule has 1 aromatic carbocycles. The van der Waals surface area contributed by atoms with Gasteiger partial charge in [0.1, 0.15) is 0 Å². The molecule has 1 N–H and O–H groups in total. The number of rotatable bonds is 9. The molecule has 26 heavy (non-hydrogen) atoms. The van der Waals surface area contributed by atoms with Crippen molar-refractivity contribution >= 4 is 29.4 Å². The molecule has 0 saturated carbocycles. The molecule has 0 heterocycles. The molecular weight excluding hydrogens is 364 g/mol. The Bertz CT molecular complexity index is 663. The Morgan fingerprint density at radius 1 is 1.23 bits per heavy atom. The Balaban J connectivity index is 2.68. The molecule has 0 aliphatic heterocycles. The van der Waals surface area contributed by atoms with Crippen LogP contribution in [0.3, 0.4) is 0 Å². The number of carbonyl (C=O) groups excluding carboxylic acids is 3. The quantitative estimate of drug-likeness (QED) is 0.646. The van der Waals surface area contributed by atoms with Crippen LogP contribution in [0.2, 0.25) is 5.02 Å². The molecule has 0 unspecified atom stereocenters. The zero-order chi connectivity index (χ0) is 19.7. The van der Waals surface area contributed by atoms with Crippen LogP contribution in [-0.2, 0) is 14.3 Å². The van der Waals surface area contributed by atoms with Gasteiger partial charge in [-0.05, 0) is 18.6 Å². The molecule has 2 amide bonds. The van der Waals surface area contributed by atoms with E-state index in [4.69, 9.17) is 25.8 Å². The smallest absolute Gasteiger partial charge is 0.338 e. The van der Waals surface area contributed by atoms with E-state index in [1.54, 1.807) is 14.1 Å². The van der Waals surface area contributed by atoms with Gasteiger partial charge in [-0.15, -0.1) is 0 Å². The second-order valence-corrected chi connectivity index (χ2v) is 5.89. The highest BCUT2D eigenvalue weighted by atomic mass is 35.5. The average Bonchev–Trinajstić information content (AvgIpc) is 2.62. The third-order valence-electron chi connectivity index (χ3n) is 3.19. The number of nitrogens with one attached hydrogen (secondary N) is 1. The lowest BCUT2D eigenvalue weighted by Gasteiger charge is -2.14. The number of likely N-dealkylation sites (N-methyl/N-ethyl adjacent to an activating group) is 1. The number of methoxy groups -OCH3 is 1. The van der Waals surface area contributed by atoms with Crippen LogP contribution >= 0.6 is 11.6 Å². The summed E-state index contributed by atoms with van der Waals surface area (Å²) in [5, 5.41) is 2.56. The van der Waals surface area contributed by atoms with Crippen molar-refractivity contribution in [1.82, 2.24) is 10.2 Å². The van der Waals surface area contributed by atoms with E-state index in [1.807, 2.05) is 6.92 Å². The molecule has 1 aromatic rings. The maximum atomic E-state index is 12.1. The van der Waals surface area contributed by atoms with Crippen molar-refractivity contribution in [2.75, 3.05) is 41.0 Å². The molecule has 0 saturated heterocycles. The van der Waals surface area contributed by atoms with E-state index in [0.717, 1.165) is 6.42 Å². The molecule has 8 nitrogen and oxygen atoms in total. The molecule has 0 atom stereocenters. The topological polar surface area (TPSA) is 94.2 Å². The van der Waals surface area contributed by atoms with Crippen LogP contribution < -0.4 is 14.8 Å². The fourth-order valence-corrected chi connectivity index (χ4v) is 2.04. The largest absolute Gasteiger partial charge is 0.493 e. The highest BCUT2D eigenvalue weighted by Crippen LogP contribution is 2.36. The van der Waals surface area contributed by atoms with Gasteiger partial charge in [-0.25, -0.2) is 4.79 Å². The van der Waals surface area contributed by atoms with E-state index < -0.39 is 18.5 Å². The number of hydrogen-bond acceptors (Lipinski definition) is 6. The van der Waals surface area contributed by atoms with Crippen molar-refractivity contribution in [3.63, 3.8) is 0 Å². The first kappa shape index (κ1) is 21.6. The van der Waals surface area contributed by atoms with Crippen molar-refractivity contribution in [2.24, 2.45) is 0 Å². The lowest BCUT2D eigenvalue weighted by molar-refractivity contribution is -0.131. The normalized spacial score (nSPS) is 10.0. The van der Waals surface area contributed by atoms with Gasteiger partial charge >= 0.3 is 5.97 Å². The Kier molecular flexibility index (Phi) is 8.71. The molecule has 0 aliphatic rings. The first-order chi connectivity index (χ1) is 12.3. The zero-order valence-corrected chi connectivity index (χ0v) is 16.0. The number of hydrogen-bond donors (Lipinski definition) is 1. The van der Waals surface area contributed by atoms with Crippen molar-refractivity contribution in [2.45, 2.75) is 13.3 Å². The molecule has 1 rings (SSSR count). The monoisotopic (exact) mass is 386 g/mol. The summed E-state index contributed by atoms with van der Waals surface area (Å²) in [6.45, 7) is 1.70. The number of amides is 2. The van der Waals surface area contributed by atoms with Crippen LogP contribution in [0.1, 0.15) is 23.7 Å². The van der Waals surface area contributed by atoms with Crippen molar-refractivity contribution in [3.8, 4) is 11.5 Å². The summed E-state index contributed by atoms with van der Waals surface area (Å²) in [5.41, 5.74) is 0.118. The van der Waals surface area contributed by atoms with Crippen LogP contribution in [0.25, 0.3) is 0 Å². The summed E-state index contributed by atoms with van der Waals surface area (Å²) in [6, 6.07) is 2.80. The highest BCUT2D eigenvalue weighted by Gasteiger charge is 2.18. The Labute approximate surface area is 157 Å². The van der Waals surface area contributed by atoms with E-state index in [9.17, 15) is 14.4 Å². The van der Waals surface area contributed by atoms with Crippen LogP contribution in [0, 0.1) is 0 Å². The minimum absolute atomic E-state index is 0.118. The Hall–Kier alpha value is -2.48. The molecule has 9 heteroatoms. The zero-order valence-electron chi connectivity index (χ0n) is 15.3. The third-order valence-corrected chi connectivity index (χ3v) is 3.47. The molecular formula is C17H23ClN2O6. The molecule has 0 radical (unpaired) electrons. The first-order valence-electron chi connectivity index (χ1n) is 7.94. The van der Waals surface area contributed by atoms with Gasteiger partial charge in [0.05, 0.1) is 30.8 Å². The maximum absolute atomic E-state index is 12.1. The standard InChI is InChI=1S/C17H23ClN2O6/c1-5-6-25-16-12(18)7-11(8-13(16)24-4)17(23)26-10-14(21)19-9-15(22)20(2)3/h7-8H,5-6,9-10H2,1-4H3,(H,19,21). The number of carbonyl (C=O) groups is 3. The average molecular weight is 387 g/mol. The van der Waals surface area contributed by atoms with Crippen LogP contribution in [0.15, 0.2) is 12.1 Å². The lowest BCUT2D eigenvalue weighted by atomic mass is 10.2. The van der Waals surface area contributed by atoms with Gasteiger partial charge < -0.3 is 24.4 Å².